The van der Waals surface area contributed by atoms with E-state index in [0.29, 0.717) is 0 Å². The van der Waals surface area contributed by atoms with Gasteiger partial charge in [-0.2, -0.15) is 5.10 Å². The van der Waals surface area contributed by atoms with Crippen LogP contribution in [0.15, 0.2) is 91.4 Å². The largest absolute Gasteiger partial charge is 0.353 e. The molecule has 142 valence electrons. The van der Waals surface area contributed by atoms with Crippen LogP contribution in [0.5, 0.6) is 0 Å². The quantitative estimate of drug-likeness (QED) is 0.401. The van der Waals surface area contributed by atoms with Gasteiger partial charge in [-0.25, -0.2) is 0 Å². The van der Waals surface area contributed by atoms with E-state index in [1.54, 1.807) is 6.20 Å². The predicted octanol–water partition coefficient (Wildman–Crippen LogP) is 5.84. The summed E-state index contributed by atoms with van der Waals surface area (Å²) in [6.07, 6.45) is 5.49. The molecule has 0 fully saturated rings. The Bertz CT molecular complexity index is 1480. The van der Waals surface area contributed by atoms with Crippen LogP contribution in [-0.4, -0.2) is 25.1 Å². The monoisotopic (exact) mass is 387 g/mol. The predicted molar refractivity (Wildman–Crippen MR) is 120 cm³/mol. The third kappa shape index (κ3) is 2.68. The first-order valence-corrected chi connectivity index (χ1v) is 9.79. The van der Waals surface area contributed by atoms with Gasteiger partial charge in [0.1, 0.15) is 5.69 Å². The molecule has 0 saturated heterocycles. The van der Waals surface area contributed by atoms with Crippen molar-refractivity contribution in [2.24, 2.45) is 0 Å². The van der Waals surface area contributed by atoms with Gasteiger partial charge in [0.05, 0.1) is 16.9 Å². The molecule has 2 N–H and O–H groups in total. The third-order valence-corrected chi connectivity index (χ3v) is 5.42. The van der Waals surface area contributed by atoms with E-state index in [9.17, 15) is 0 Å². The maximum atomic E-state index is 4.61. The van der Waals surface area contributed by atoms with Crippen molar-refractivity contribution in [1.29, 1.82) is 0 Å². The van der Waals surface area contributed by atoms with Crippen LogP contribution < -0.4 is 0 Å². The molecule has 6 aromatic rings. The number of hydrogen-bond acceptors (Lipinski definition) is 3. The van der Waals surface area contributed by atoms with Gasteiger partial charge in [0.25, 0.3) is 0 Å². The molecule has 30 heavy (non-hydrogen) atoms. The van der Waals surface area contributed by atoms with E-state index in [1.807, 2.05) is 36.7 Å². The molecule has 0 bridgehead atoms. The molecule has 6 rings (SSSR count). The zero-order valence-corrected chi connectivity index (χ0v) is 16.0. The fraction of sp³-hybridized carbons (Fsp3) is 0. The van der Waals surface area contributed by atoms with Gasteiger partial charge in [0.15, 0.2) is 0 Å². The first kappa shape index (κ1) is 16.7. The maximum absolute atomic E-state index is 4.61. The zero-order chi connectivity index (χ0) is 19.9. The number of aromatic nitrogens is 5. The number of benzene rings is 2. The number of nitrogens with one attached hydrogen (secondary N) is 2. The van der Waals surface area contributed by atoms with Crippen molar-refractivity contribution in [2.45, 2.75) is 0 Å². The summed E-state index contributed by atoms with van der Waals surface area (Å²) in [4.78, 5) is 12.3. The van der Waals surface area contributed by atoms with E-state index in [1.165, 1.54) is 0 Å². The van der Waals surface area contributed by atoms with Crippen molar-refractivity contribution in [3.8, 4) is 33.8 Å². The molecule has 0 aliphatic rings. The molecule has 0 aliphatic heterocycles. The number of pyridine rings is 2. The topological polar surface area (TPSA) is 70.2 Å². The van der Waals surface area contributed by atoms with Crippen LogP contribution in [-0.2, 0) is 0 Å². The summed E-state index contributed by atoms with van der Waals surface area (Å²) in [5, 5.41) is 9.97. The highest BCUT2D eigenvalue weighted by molar-refractivity contribution is 6.01. The lowest BCUT2D eigenvalue weighted by Gasteiger charge is -2.01. The van der Waals surface area contributed by atoms with Crippen LogP contribution >= 0.6 is 0 Å². The Morgan fingerprint density at radius 3 is 2.57 bits per heavy atom. The average Bonchev–Trinajstić information content (AvgIpc) is 3.43. The molecular weight excluding hydrogens is 370 g/mol. The van der Waals surface area contributed by atoms with Crippen LogP contribution in [0.3, 0.4) is 0 Å². The van der Waals surface area contributed by atoms with Gasteiger partial charge in [0, 0.05) is 46.0 Å². The number of nitrogens with zero attached hydrogens (tertiary/aromatic N) is 3. The highest BCUT2D eigenvalue weighted by Gasteiger charge is 2.14. The maximum Gasteiger partial charge on any atom is 0.116 e. The number of H-pyrrole nitrogens is 2. The molecule has 0 atom stereocenters. The Kier molecular flexibility index (Phi) is 3.71. The summed E-state index contributed by atoms with van der Waals surface area (Å²) in [5.41, 5.74) is 8.20. The van der Waals surface area contributed by atoms with Crippen molar-refractivity contribution in [3.05, 3.63) is 91.4 Å². The Balaban J connectivity index is 1.52. The van der Waals surface area contributed by atoms with E-state index < -0.39 is 0 Å². The van der Waals surface area contributed by atoms with Gasteiger partial charge in [-0.1, -0.05) is 30.3 Å². The number of hydrogen-bond donors (Lipinski definition) is 2. The van der Waals surface area contributed by atoms with Crippen molar-refractivity contribution in [3.63, 3.8) is 0 Å². The van der Waals surface area contributed by atoms with Crippen molar-refractivity contribution in [1.82, 2.24) is 25.1 Å². The first-order valence-electron chi connectivity index (χ1n) is 9.79. The Labute approximate surface area is 172 Å². The summed E-state index contributed by atoms with van der Waals surface area (Å²) >= 11 is 0. The summed E-state index contributed by atoms with van der Waals surface area (Å²) < 4.78 is 0. The number of aromatic amines is 2. The van der Waals surface area contributed by atoms with Crippen LogP contribution in [0, 0.1) is 0 Å². The lowest BCUT2D eigenvalue weighted by atomic mass is 10.0. The van der Waals surface area contributed by atoms with Crippen molar-refractivity contribution >= 4 is 21.8 Å². The van der Waals surface area contributed by atoms with Gasteiger partial charge >= 0.3 is 0 Å². The number of rotatable bonds is 3. The fourth-order valence-corrected chi connectivity index (χ4v) is 3.96. The minimum atomic E-state index is 0.902. The van der Waals surface area contributed by atoms with Crippen LogP contribution in [0.25, 0.3) is 55.6 Å². The van der Waals surface area contributed by atoms with E-state index in [4.69, 9.17) is 0 Å². The summed E-state index contributed by atoms with van der Waals surface area (Å²) in [6, 6.07) is 24.7. The average molecular weight is 387 g/mol. The smallest absolute Gasteiger partial charge is 0.116 e. The molecule has 0 aliphatic carbocycles. The minimum Gasteiger partial charge on any atom is -0.353 e. The molecule has 4 aromatic heterocycles. The lowest BCUT2D eigenvalue weighted by Crippen LogP contribution is -1.82. The van der Waals surface area contributed by atoms with Crippen LogP contribution in [0.4, 0.5) is 0 Å². The summed E-state index contributed by atoms with van der Waals surface area (Å²) in [5.74, 6) is 0. The molecule has 0 radical (unpaired) electrons. The molecule has 0 saturated carbocycles. The highest BCUT2D eigenvalue weighted by atomic mass is 15.1. The van der Waals surface area contributed by atoms with E-state index in [2.05, 4.69) is 73.7 Å². The fourth-order valence-electron chi connectivity index (χ4n) is 3.96. The zero-order valence-electron chi connectivity index (χ0n) is 16.0. The van der Waals surface area contributed by atoms with Crippen molar-refractivity contribution < 1.29 is 0 Å². The van der Waals surface area contributed by atoms with Gasteiger partial charge in [-0.3, -0.25) is 15.1 Å². The van der Waals surface area contributed by atoms with E-state index in [-0.39, 0.29) is 0 Å². The van der Waals surface area contributed by atoms with Crippen LogP contribution in [0.1, 0.15) is 0 Å². The van der Waals surface area contributed by atoms with Gasteiger partial charge in [-0.15, -0.1) is 0 Å². The van der Waals surface area contributed by atoms with Crippen molar-refractivity contribution in [2.75, 3.05) is 0 Å². The summed E-state index contributed by atoms with van der Waals surface area (Å²) in [7, 11) is 0. The van der Waals surface area contributed by atoms with E-state index >= 15 is 0 Å². The van der Waals surface area contributed by atoms with Gasteiger partial charge in [-0.05, 0) is 48.0 Å². The van der Waals surface area contributed by atoms with Gasteiger partial charge in [0.2, 0.25) is 0 Å². The molecule has 0 unspecified atom stereocenters. The molecule has 5 heteroatoms. The first-order chi connectivity index (χ1) is 14.9. The second kappa shape index (κ2) is 6.67. The second-order valence-electron chi connectivity index (χ2n) is 7.24. The molecule has 4 heterocycles. The summed E-state index contributed by atoms with van der Waals surface area (Å²) in [6.45, 7) is 0. The Morgan fingerprint density at radius 1 is 0.700 bits per heavy atom. The van der Waals surface area contributed by atoms with Crippen LogP contribution in [0.2, 0.25) is 0 Å². The van der Waals surface area contributed by atoms with E-state index in [0.717, 1.165) is 55.6 Å². The molecule has 5 nitrogen and oxygen atoms in total. The number of fused-ring (bicyclic) bond motifs is 2. The SMILES string of the molecule is c1ccc(-c2cccc3[nH]c(-c4n[nH]c5ccc(-c6cccnc6)cc45)cc23)nc1. The molecular formula is C25H17N5. The second-order valence-corrected chi connectivity index (χ2v) is 7.24. The highest BCUT2D eigenvalue weighted by Crippen LogP contribution is 2.34. The lowest BCUT2D eigenvalue weighted by molar-refractivity contribution is 1.12. The Hall–Kier alpha value is -4.25. The molecule has 0 spiro atoms. The third-order valence-electron chi connectivity index (χ3n) is 5.42. The Morgan fingerprint density at radius 2 is 1.70 bits per heavy atom. The minimum absolute atomic E-state index is 0.902. The normalized spacial score (nSPS) is 11.3. The molecule has 2 aromatic carbocycles. The standard InChI is InChI=1S/C25H17N5/c1-2-12-27-21(7-1)18-6-3-8-22-19(18)14-24(28-22)25-20-13-16(9-10-23(20)29-30-25)17-5-4-11-26-15-17/h1-15,28H,(H,29,30). The molecule has 0 amide bonds. The van der Waals surface area contributed by atoms with Gasteiger partial charge < -0.3 is 4.98 Å².